The summed E-state index contributed by atoms with van der Waals surface area (Å²) in [5.74, 6) is 0.672. The maximum absolute atomic E-state index is 12.8. The minimum atomic E-state index is -3.54. The fraction of sp³-hybridized carbons (Fsp3) is 0.278. The average Bonchev–Trinajstić information content (AvgIpc) is 3.15. The van der Waals surface area contributed by atoms with Gasteiger partial charge in [-0.3, -0.25) is 0 Å². The zero-order valence-electron chi connectivity index (χ0n) is 14.9. The lowest BCUT2D eigenvalue weighted by Crippen LogP contribution is -2.48. The van der Waals surface area contributed by atoms with Crippen molar-refractivity contribution in [2.24, 2.45) is 0 Å². The third-order valence-corrected chi connectivity index (χ3v) is 8.37. The molecule has 1 saturated heterocycles. The molecule has 1 aliphatic rings. The molecule has 4 rings (SSSR count). The lowest BCUT2D eigenvalue weighted by atomic mass is 10.3. The van der Waals surface area contributed by atoms with Crippen LogP contribution < -0.4 is 9.64 Å². The summed E-state index contributed by atoms with van der Waals surface area (Å²) in [6.07, 6.45) is 0. The minimum absolute atomic E-state index is 0.252. The number of nitrogens with zero attached hydrogens (tertiary/aromatic N) is 3. The molecule has 0 N–H and O–H groups in total. The Morgan fingerprint density at radius 2 is 1.71 bits per heavy atom. The first-order valence-electron chi connectivity index (χ1n) is 8.54. The summed E-state index contributed by atoms with van der Waals surface area (Å²) in [6.45, 7) is 1.86. The number of fused-ring (bicyclic) bond motifs is 1. The minimum Gasteiger partial charge on any atom is -0.494 e. The highest BCUT2D eigenvalue weighted by atomic mass is 35.5. The number of benzene rings is 2. The van der Waals surface area contributed by atoms with Gasteiger partial charge in [0.15, 0.2) is 5.13 Å². The second-order valence-electron chi connectivity index (χ2n) is 6.27. The van der Waals surface area contributed by atoms with Gasteiger partial charge in [-0.05, 0) is 36.4 Å². The molecule has 0 spiro atoms. The molecule has 2 heterocycles. The normalized spacial score (nSPS) is 15.9. The van der Waals surface area contributed by atoms with Gasteiger partial charge in [-0.2, -0.15) is 4.31 Å². The molecule has 0 aliphatic carbocycles. The maximum Gasteiger partial charge on any atom is 0.243 e. The van der Waals surface area contributed by atoms with Gasteiger partial charge < -0.3 is 9.64 Å². The van der Waals surface area contributed by atoms with Crippen LogP contribution in [0.1, 0.15) is 0 Å². The summed E-state index contributed by atoms with van der Waals surface area (Å²) >= 11 is 13.6. The van der Waals surface area contributed by atoms with Crippen molar-refractivity contribution in [1.29, 1.82) is 0 Å². The van der Waals surface area contributed by atoms with Crippen LogP contribution in [0, 0.1) is 0 Å². The first-order valence-corrected chi connectivity index (χ1v) is 11.5. The van der Waals surface area contributed by atoms with Gasteiger partial charge in [-0.15, -0.1) is 0 Å². The Morgan fingerprint density at radius 1 is 1.04 bits per heavy atom. The molecule has 0 saturated carbocycles. The lowest BCUT2D eigenvalue weighted by Gasteiger charge is -2.33. The highest BCUT2D eigenvalue weighted by Crippen LogP contribution is 2.39. The Morgan fingerprint density at radius 3 is 2.36 bits per heavy atom. The molecule has 148 valence electrons. The molecule has 0 bridgehead atoms. The lowest BCUT2D eigenvalue weighted by molar-refractivity contribution is 0.385. The van der Waals surface area contributed by atoms with Crippen LogP contribution in [-0.4, -0.2) is 51.0 Å². The molecular weight excluding hydrogens is 441 g/mol. The van der Waals surface area contributed by atoms with Crippen molar-refractivity contribution in [2.45, 2.75) is 4.90 Å². The van der Waals surface area contributed by atoms with E-state index in [1.54, 1.807) is 31.4 Å². The van der Waals surface area contributed by atoms with E-state index in [4.69, 9.17) is 27.9 Å². The number of piperazine rings is 1. The monoisotopic (exact) mass is 457 g/mol. The quantitative estimate of drug-likeness (QED) is 0.589. The SMILES string of the molecule is COc1ccc(Cl)c2sc(N3CCN(S(=O)(=O)c4ccc(Cl)cc4)CC3)nc12. The van der Waals surface area contributed by atoms with Crippen molar-refractivity contribution in [3.63, 3.8) is 0 Å². The van der Waals surface area contributed by atoms with Gasteiger partial charge in [-0.1, -0.05) is 34.5 Å². The van der Waals surface area contributed by atoms with E-state index in [1.165, 1.54) is 27.8 Å². The zero-order valence-corrected chi connectivity index (χ0v) is 18.1. The van der Waals surface area contributed by atoms with Gasteiger partial charge in [-0.25, -0.2) is 13.4 Å². The van der Waals surface area contributed by atoms with E-state index >= 15 is 0 Å². The zero-order chi connectivity index (χ0) is 19.9. The summed E-state index contributed by atoms with van der Waals surface area (Å²) in [5.41, 5.74) is 0.728. The van der Waals surface area contributed by atoms with E-state index in [0.29, 0.717) is 42.0 Å². The first kappa shape index (κ1) is 19.7. The molecule has 0 radical (unpaired) electrons. The molecular formula is C18H17Cl2N3O3S2. The van der Waals surface area contributed by atoms with E-state index in [2.05, 4.69) is 9.88 Å². The highest BCUT2D eigenvalue weighted by molar-refractivity contribution is 7.89. The Bertz CT molecular complexity index is 1110. The van der Waals surface area contributed by atoms with E-state index < -0.39 is 10.0 Å². The fourth-order valence-electron chi connectivity index (χ4n) is 3.12. The van der Waals surface area contributed by atoms with Crippen molar-refractivity contribution in [3.8, 4) is 5.75 Å². The molecule has 0 amide bonds. The Labute approximate surface area is 177 Å². The van der Waals surface area contributed by atoms with E-state index in [0.717, 1.165) is 15.3 Å². The van der Waals surface area contributed by atoms with Crippen LogP contribution in [-0.2, 0) is 10.0 Å². The number of sulfonamides is 1. The molecule has 0 atom stereocenters. The Kier molecular flexibility index (Phi) is 5.41. The standard InChI is InChI=1S/C18H17Cl2N3O3S2/c1-26-15-7-6-14(20)17-16(15)21-18(27-17)22-8-10-23(11-9-22)28(24,25)13-4-2-12(19)3-5-13/h2-7H,8-11H2,1H3. The summed E-state index contributed by atoms with van der Waals surface area (Å²) in [4.78, 5) is 7.00. The van der Waals surface area contributed by atoms with Crippen LogP contribution in [0.5, 0.6) is 5.75 Å². The number of thiazole rings is 1. The van der Waals surface area contributed by atoms with E-state index in [9.17, 15) is 8.42 Å². The van der Waals surface area contributed by atoms with Crippen LogP contribution in [0.3, 0.4) is 0 Å². The number of hydrogen-bond acceptors (Lipinski definition) is 6. The molecule has 1 aromatic heterocycles. The van der Waals surface area contributed by atoms with Crippen LogP contribution in [0.4, 0.5) is 5.13 Å². The number of ether oxygens (including phenoxy) is 1. The van der Waals surface area contributed by atoms with Crippen molar-refractivity contribution >= 4 is 59.9 Å². The predicted octanol–water partition coefficient (Wildman–Crippen LogP) is 4.12. The van der Waals surface area contributed by atoms with Gasteiger partial charge >= 0.3 is 0 Å². The number of anilines is 1. The first-order chi connectivity index (χ1) is 13.4. The average molecular weight is 458 g/mol. The van der Waals surface area contributed by atoms with Crippen molar-refractivity contribution < 1.29 is 13.2 Å². The van der Waals surface area contributed by atoms with Crippen molar-refractivity contribution in [1.82, 2.24) is 9.29 Å². The van der Waals surface area contributed by atoms with Crippen molar-refractivity contribution in [3.05, 3.63) is 46.4 Å². The highest BCUT2D eigenvalue weighted by Gasteiger charge is 2.29. The topological polar surface area (TPSA) is 62.7 Å². The third-order valence-electron chi connectivity index (χ3n) is 4.63. The molecule has 1 fully saturated rings. The van der Waals surface area contributed by atoms with Gasteiger partial charge in [0.05, 0.1) is 21.7 Å². The maximum atomic E-state index is 12.8. The van der Waals surface area contributed by atoms with Crippen molar-refractivity contribution in [2.75, 3.05) is 38.2 Å². The molecule has 3 aromatic rings. The van der Waals surface area contributed by atoms with E-state index in [1.807, 2.05) is 0 Å². The van der Waals surface area contributed by atoms with Gasteiger partial charge in [0.2, 0.25) is 10.0 Å². The Hall–Kier alpha value is -1.58. The smallest absolute Gasteiger partial charge is 0.243 e. The number of rotatable bonds is 4. The molecule has 28 heavy (non-hydrogen) atoms. The molecule has 0 unspecified atom stereocenters. The molecule has 1 aliphatic heterocycles. The van der Waals surface area contributed by atoms with Crippen LogP contribution in [0.15, 0.2) is 41.3 Å². The van der Waals surface area contributed by atoms with Crippen LogP contribution in [0.25, 0.3) is 10.2 Å². The number of halogens is 2. The molecule has 6 nitrogen and oxygen atoms in total. The summed E-state index contributed by atoms with van der Waals surface area (Å²) in [7, 11) is -1.94. The summed E-state index contributed by atoms with van der Waals surface area (Å²) in [5, 5.41) is 1.95. The molecule has 10 heteroatoms. The van der Waals surface area contributed by atoms with Gasteiger partial charge in [0.1, 0.15) is 11.3 Å². The largest absolute Gasteiger partial charge is 0.494 e. The number of aromatic nitrogens is 1. The Balaban J connectivity index is 1.54. The summed E-state index contributed by atoms with van der Waals surface area (Å²) < 4.78 is 33.4. The van der Waals surface area contributed by atoms with E-state index in [-0.39, 0.29) is 4.90 Å². The van der Waals surface area contributed by atoms with Gasteiger partial charge in [0.25, 0.3) is 0 Å². The second-order valence-corrected chi connectivity index (χ2v) is 10.0. The number of methoxy groups -OCH3 is 1. The predicted molar refractivity (Wildman–Crippen MR) is 114 cm³/mol. The van der Waals surface area contributed by atoms with Gasteiger partial charge in [0, 0.05) is 31.2 Å². The second kappa shape index (κ2) is 7.68. The molecule has 2 aromatic carbocycles. The summed E-state index contributed by atoms with van der Waals surface area (Å²) in [6, 6.07) is 9.83. The number of hydrogen-bond donors (Lipinski definition) is 0. The third kappa shape index (κ3) is 3.55. The van der Waals surface area contributed by atoms with Crippen LogP contribution in [0.2, 0.25) is 10.0 Å². The van der Waals surface area contributed by atoms with Crippen LogP contribution >= 0.6 is 34.5 Å². The fourth-order valence-corrected chi connectivity index (χ4v) is 5.97.